The molecule has 0 amide bonds. The molecule has 2 saturated carbocycles. The summed E-state index contributed by atoms with van der Waals surface area (Å²) in [6.45, 7) is 7.79. The van der Waals surface area contributed by atoms with Crippen molar-refractivity contribution >= 4 is 0 Å². The average molecular weight is 277 g/mol. The van der Waals surface area contributed by atoms with Gasteiger partial charge in [0.05, 0.1) is 6.07 Å². The molecule has 3 unspecified atom stereocenters. The van der Waals surface area contributed by atoms with Crippen molar-refractivity contribution in [1.29, 1.82) is 5.26 Å². The van der Waals surface area contributed by atoms with Crippen LogP contribution in [0.4, 0.5) is 0 Å². The van der Waals surface area contributed by atoms with Crippen LogP contribution in [0.5, 0.6) is 0 Å². The molecule has 2 fully saturated rings. The number of rotatable bonds is 7. The number of nitriles is 1. The normalized spacial score (nSPS) is 31.8. The van der Waals surface area contributed by atoms with Gasteiger partial charge in [0.15, 0.2) is 0 Å². The Hall–Kier alpha value is -0.590. The van der Waals surface area contributed by atoms with Crippen molar-refractivity contribution in [3.8, 4) is 6.07 Å². The summed E-state index contributed by atoms with van der Waals surface area (Å²) in [5.41, 5.74) is -0.266. The Morgan fingerprint density at radius 3 is 2.55 bits per heavy atom. The van der Waals surface area contributed by atoms with Crippen LogP contribution in [0.3, 0.4) is 0 Å². The van der Waals surface area contributed by atoms with E-state index in [4.69, 9.17) is 0 Å². The molecule has 3 atom stereocenters. The maximum Gasteiger partial charge on any atom is 0.109 e. The molecule has 0 spiro atoms. The Labute approximate surface area is 124 Å². The van der Waals surface area contributed by atoms with Crippen molar-refractivity contribution in [2.45, 2.75) is 76.9 Å². The van der Waals surface area contributed by atoms with E-state index in [0.29, 0.717) is 18.0 Å². The molecule has 3 nitrogen and oxygen atoms in total. The van der Waals surface area contributed by atoms with E-state index >= 15 is 0 Å². The van der Waals surface area contributed by atoms with Gasteiger partial charge in [0.2, 0.25) is 0 Å². The minimum Gasteiger partial charge on any atom is -0.303 e. The zero-order valence-electron chi connectivity index (χ0n) is 13.7. The van der Waals surface area contributed by atoms with Gasteiger partial charge in [-0.2, -0.15) is 5.26 Å². The number of hydrogen-bond donors (Lipinski definition) is 1. The zero-order chi connectivity index (χ0) is 14.8. The summed E-state index contributed by atoms with van der Waals surface area (Å²) in [5.74, 6) is 1.45. The van der Waals surface area contributed by atoms with E-state index in [1.165, 1.54) is 25.7 Å². The quantitative estimate of drug-likeness (QED) is 0.777. The Kier molecular flexibility index (Phi) is 5.09. The van der Waals surface area contributed by atoms with Crippen LogP contribution in [0, 0.1) is 23.2 Å². The molecule has 0 aromatic heterocycles. The fraction of sp³-hybridized carbons (Fsp3) is 0.941. The van der Waals surface area contributed by atoms with Gasteiger partial charge in [-0.05, 0) is 78.3 Å². The van der Waals surface area contributed by atoms with E-state index in [1.807, 2.05) is 0 Å². The van der Waals surface area contributed by atoms with Gasteiger partial charge in [0.25, 0.3) is 0 Å². The van der Waals surface area contributed by atoms with E-state index in [1.54, 1.807) is 0 Å². The number of nitrogens with one attached hydrogen (secondary N) is 1. The summed E-state index contributed by atoms with van der Waals surface area (Å²) in [7, 11) is 2.25. The first-order valence-electron chi connectivity index (χ1n) is 8.37. The van der Waals surface area contributed by atoms with Crippen molar-refractivity contribution in [3.05, 3.63) is 0 Å². The molecule has 0 radical (unpaired) electrons. The SMILES string of the molecule is CC(C)NC1(C#N)CCCC1CCN(C)C(C)C1CC1. The van der Waals surface area contributed by atoms with Gasteiger partial charge in [0, 0.05) is 12.1 Å². The fourth-order valence-corrected chi connectivity index (χ4v) is 3.85. The second kappa shape index (κ2) is 6.45. The molecule has 2 rings (SSSR count). The second-order valence-electron chi connectivity index (χ2n) is 7.32. The topological polar surface area (TPSA) is 39.1 Å². The average Bonchev–Trinajstić information content (AvgIpc) is 3.18. The standard InChI is InChI=1S/C17H31N3/c1-13(2)19-17(12-18)10-5-6-16(17)9-11-20(4)14(3)15-7-8-15/h13-16,19H,5-11H2,1-4H3. The molecule has 2 aliphatic carbocycles. The lowest BCUT2D eigenvalue weighted by atomic mass is 9.85. The van der Waals surface area contributed by atoms with Crippen LogP contribution in [-0.2, 0) is 0 Å². The fourth-order valence-electron chi connectivity index (χ4n) is 3.85. The first kappa shape index (κ1) is 15.8. The third kappa shape index (κ3) is 3.54. The molecule has 0 bridgehead atoms. The highest BCUT2D eigenvalue weighted by Crippen LogP contribution is 2.39. The Bertz CT molecular complexity index is 356. The summed E-state index contributed by atoms with van der Waals surface area (Å²) < 4.78 is 0. The van der Waals surface area contributed by atoms with Crippen LogP contribution in [-0.4, -0.2) is 36.1 Å². The monoisotopic (exact) mass is 277 g/mol. The summed E-state index contributed by atoms with van der Waals surface area (Å²) in [6, 6.07) is 3.72. The van der Waals surface area contributed by atoms with E-state index in [0.717, 1.165) is 25.3 Å². The molecule has 0 aromatic carbocycles. The molecule has 0 heterocycles. The smallest absolute Gasteiger partial charge is 0.109 e. The molecule has 2 aliphatic rings. The lowest BCUT2D eigenvalue weighted by Crippen LogP contribution is -2.51. The van der Waals surface area contributed by atoms with Crippen molar-refractivity contribution < 1.29 is 0 Å². The van der Waals surface area contributed by atoms with Gasteiger partial charge < -0.3 is 4.90 Å². The summed E-state index contributed by atoms with van der Waals surface area (Å²) in [6.07, 6.45) is 7.39. The van der Waals surface area contributed by atoms with Gasteiger partial charge in [-0.15, -0.1) is 0 Å². The van der Waals surface area contributed by atoms with Crippen molar-refractivity contribution in [2.24, 2.45) is 11.8 Å². The van der Waals surface area contributed by atoms with Crippen molar-refractivity contribution in [2.75, 3.05) is 13.6 Å². The highest BCUT2D eigenvalue weighted by Gasteiger charge is 2.43. The third-order valence-electron chi connectivity index (χ3n) is 5.40. The Balaban J connectivity index is 1.88. The first-order chi connectivity index (χ1) is 9.48. The van der Waals surface area contributed by atoms with E-state index < -0.39 is 0 Å². The van der Waals surface area contributed by atoms with E-state index in [9.17, 15) is 5.26 Å². The zero-order valence-corrected chi connectivity index (χ0v) is 13.7. The van der Waals surface area contributed by atoms with Crippen LogP contribution < -0.4 is 5.32 Å². The number of hydrogen-bond acceptors (Lipinski definition) is 3. The molecule has 0 aromatic rings. The summed E-state index contributed by atoms with van der Waals surface area (Å²) in [4.78, 5) is 2.51. The summed E-state index contributed by atoms with van der Waals surface area (Å²) >= 11 is 0. The predicted octanol–water partition coefficient (Wildman–Crippen LogP) is 3.17. The van der Waals surface area contributed by atoms with Gasteiger partial charge in [-0.1, -0.05) is 6.42 Å². The molecule has 20 heavy (non-hydrogen) atoms. The van der Waals surface area contributed by atoms with Crippen molar-refractivity contribution in [1.82, 2.24) is 10.2 Å². The van der Waals surface area contributed by atoms with E-state index in [-0.39, 0.29) is 5.54 Å². The molecule has 0 saturated heterocycles. The lowest BCUT2D eigenvalue weighted by molar-refractivity contribution is 0.195. The van der Waals surface area contributed by atoms with Gasteiger partial charge in [0.1, 0.15) is 5.54 Å². The minimum atomic E-state index is -0.266. The lowest BCUT2D eigenvalue weighted by Gasteiger charge is -2.34. The maximum atomic E-state index is 9.68. The first-order valence-corrected chi connectivity index (χ1v) is 8.37. The highest BCUT2D eigenvalue weighted by atomic mass is 15.1. The second-order valence-corrected chi connectivity index (χ2v) is 7.32. The Morgan fingerprint density at radius 2 is 2.00 bits per heavy atom. The van der Waals surface area contributed by atoms with Crippen LogP contribution in [0.1, 0.15) is 59.3 Å². The maximum absolute atomic E-state index is 9.68. The van der Waals surface area contributed by atoms with Crippen LogP contribution in [0.15, 0.2) is 0 Å². The van der Waals surface area contributed by atoms with Crippen LogP contribution in [0.2, 0.25) is 0 Å². The van der Waals surface area contributed by atoms with Crippen LogP contribution >= 0.6 is 0 Å². The van der Waals surface area contributed by atoms with Gasteiger partial charge >= 0.3 is 0 Å². The molecule has 3 heteroatoms. The highest BCUT2D eigenvalue weighted by molar-refractivity contribution is 5.14. The summed E-state index contributed by atoms with van der Waals surface area (Å²) in [5, 5.41) is 13.2. The Morgan fingerprint density at radius 1 is 1.30 bits per heavy atom. The predicted molar refractivity (Wildman–Crippen MR) is 83.4 cm³/mol. The van der Waals surface area contributed by atoms with Gasteiger partial charge in [-0.25, -0.2) is 0 Å². The van der Waals surface area contributed by atoms with Crippen LogP contribution in [0.25, 0.3) is 0 Å². The molecule has 114 valence electrons. The third-order valence-corrected chi connectivity index (χ3v) is 5.40. The van der Waals surface area contributed by atoms with E-state index in [2.05, 4.69) is 44.1 Å². The molecular weight excluding hydrogens is 246 g/mol. The minimum absolute atomic E-state index is 0.266. The molecule has 0 aliphatic heterocycles. The number of nitrogens with zero attached hydrogens (tertiary/aromatic N) is 2. The molecular formula is C17H31N3. The molecule has 1 N–H and O–H groups in total. The van der Waals surface area contributed by atoms with Crippen molar-refractivity contribution in [3.63, 3.8) is 0 Å². The van der Waals surface area contributed by atoms with Gasteiger partial charge in [-0.3, -0.25) is 5.32 Å². The largest absolute Gasteiger partial charge is 0.303 e.